The smallest absolute Gasteiger partial charge is 0.134 e. The molecule has 0 radical (unpaired) electrons. The lowest BCUT2D eigenvalue weighted by Crippen LogP contribution is -2.28. The molecule has 7 heteroatoms. The van der Waals surface area contributed by atoms with E-state index < -0.39 is 0 Å². The first-order valence-electron chi connectivity index (χ1n) is 11.4. The highest BCUT2D eigenvalue weighted by molar-refractivity contribution is 9.10. The molecule has 0 saturated carbocycles. The number of hydrogen-bond donors (Lipinski definition) is 1. The van der Waals surface area contributed by atoms with E-state index in [4.69, 9.17) is 16.0 Å². The van der Waals surface area contributed by atoms with Gasteiger partial charge in [-0.05, 0) is 74.8 Å². The average molecular weight is 536 g/mol. The van der Waals surface area contributed by atoms with Crippen molar-refractivity contribution in [3.05, 3.63) is 75.0 Å². The Morgan fingerprint density at radius 3 is 2.71 bits per heavy atom. The normalized spacial score (nSPS) is 14.3. The van der Waals surface area contributed by atoms with Crippen LogP contribution in [-0.2, 0) is 6.54 Å². The Kier molecular flexibility index (Phi) is 6.60. The van der Waals surface area contributed by atoms with Crippen LogP contribution in [0, 0.1) is 18.3 Å². The minimum atomic E-state index is 0.459. The number of aryl methyl sites for hydroxylation is 1. The summed E-state index contributed by atoms with van der Waals surface area (Å²) in [5.41, 5.74) is 4.63. The van der Waals surface area contributed by atoms with Gasteiger partial charge < -0.3 is 9.73 Å². The average Bonchev–Trinajstić information content (AvgIpc) is 3.30. The van der Waals surface area contributed by atoms with Crippen LogP contribution in [-0.4, -0.2) is 23.0 Å². The van der Waals surface area contributed by atoms with E-state index in [0.29, 0.717) is 16.3 Å². The van der Waals surface area contributed by atoms with Gasteiger partial charge in [0.25, 0.3) is 0 Å². The van der Waals surface area contributed by atoms with Crippen molar-refractivity contribution in [1.82, 2.24) is 9.88 Å². The fraction of sp³-hybridized carbons (Fsp3) is 0.259. The van der Waals surface area contributed by atoms with Crippen LogP contribution in [0.1, 0.15) is 36.1 Å². The van der Waals surface area contributed by atoms with Gasteiger partial charge in [-0.3, -0.25) is 9.88 Å². The number of rotatable bonds is 5. The largest absolute Gasteiger partial charge is 0.460 e. The molecule has 5 rings (SSSR count). The number of nitrogens with one attached hydrogen (secondary N) is 1. The Morgan fingerprint density at radius 1 is 1.12 bits per heavy atom. The Balaban J connectivity index is 1.48. The number of anilines is 2. The minimum Gasteiger partial charge on any atom is -0.460 e. The monoisotopic (exact) mass is 534 g/mol. The summed E-state index contributed by atoms with van der Waals surface area (Å²) in [6.45, 7) is 5.09. The van der Waals surface area contributed by atoms with Crippen molar-refractivity contribution in [2.45, 2.75) is 32.7 Å². The van der Waals surface area contributed by atoms with E-state index in [1.807, 2.05) is 43.3 Å². The van der Waals surface area contributed by atoms with E-state index in [9.17, 15) is 5.26 Å². The van der Waals surface area contributed by atoms with Crippen molar-refractivity contribution in [1.29, 1.82) is 5.26 Å². The summed E-state index contributed by atoms with van der Waals surface area (Å²) in [6.07, 6.45) is 5.44. The van der Waals surface area contributed by atoms with Gasteiger partial charge in [0.05, 0.1) is 34.0 Å². The maximum atomic E-state index is 9.72. The molecule has 0 amide bonds. The second kappa shape index (κ2) is 9.79. The molecule has 1 aliphatic heterocycles. The number of fused-ring (bicyclic) bond motifs is 1. The highest BCUT2D eigenvalue weighted by atomic mass is 79.9. The number of nitrogens with zero attached hydrogens (tertiary/aromatic N) is 3. The molecule has 2 aromatic carbocycles. The number of pyridine rings is 1. The van der Waals surface area contributed by atoms with Crippen LogP contribution < -0.4 is 5.32 Å². The molecular weight excluding hydrogens is 512 g/mol. The first kappa shape index (κ1) is 22.9. The fourth-order valence-electron chi connectivity index (χ4n) is 4.51. The Morgan fingerprint density at radius 2 is 1.94 bits per heavy atom. The molecule has 1 saturated heterocycles. The lowest BCUT2D eigenvalue weighted by molar-refractivity contribution is 0.206. The zero-order chi connectivity index (χ0) is 23.7. The predicted octanol–water partition coefficient (Wildman–Crippen LogP) is 7.82. The van der Waals surface area contributed by atoms with Gasteiger partial charge in [0.1, 0.15) is 17.6 Å². The fourth-order valence-corrected chi connectivity index (χ4v) is 5.53. The van der Waals surface area contributed by atoms with Crippen LogP contribution in [0.5, 0.6) is 0 Å². The molecule has 0 bridgehead atoms. The highest BCUT2D eigenvalue weighted by Gasteiger charge is 2.16. The second-order valence-corrected chi connectivity index (χ2v) is 10.0. The molecule has 5 nitrogen and oxygen atoms in total. The van der Waals surface area contributed by atoms with E-state index in [1.165, 1.54) is 19.3 Å². The van der Waals surface area contributed by atoms with Crippen LogP contribution >= 0.6 is 27.5 Å². The quantitative estimate of drug-likeness (QED) is 0.282. The van der Waals surface area contributed by atoms with Crippen molar-refractivity contribution >= 4 is 49.8 Å². The van der Waals surface area contributed by atoms with E-state index in [1.54, 1.807) is 6.20 Å². The molecular formula is C27H24BrClN4O. The summed E-state index contributed by atoms with van der Waals surface area (Å²) in [6, 6.07) is 16.1. The number of nitriles is 1. The van der Waals surface area contributed by atoms with Crippen molar-refractivity contribution in [2.24, 2.45) is 0 Å². The lowest BCUT2D eigenvalue weighted by Gasteiger charge is -2.25. The Bertz CT molecular complexity index is 1380. The molecule has 1 aliphatic rings. The van der Waals surface area contributed by atoms with Gasteiger partial charge in [-0.15, -0.1) is 0 Å². The van der Waals surface area contributed by atoms with Crippen LogP contribution in [0.3, 0.4) is 0 Å². The van der Waals surface area contributed by atoms with Gasteiger partial charge in [-0.1, -0.05) is 40.0 Å². The third kappa shape index (κ3) is 4.69. The van der Waals surface area contributed by atoms with Gasteiger partial charge in [-0.2, -0.15) is 5.26 Å². The second-order valence-electron chi connectivity index (χ2n) is 8.70. The van der Waals surface area contributed by atoms with Crippen molar-refractivity contribution in [3.8, 4) is 17.4 Å². The summed E-state index contributed by atoms with van der Waals surface area (Å²) in [4.78, 5) is 7.00. The molecule has 0 aliphatic carbocycles. The maximum Gasteiger partial charge on any atom is 0.134 e. The van der Waals surface area contributed by atoms with E-state index >= 15 is 0 Å². The summed E-state index contributed by atoms with van der Waals surface area (Å²) in [5, 5.41) is 14.5. The zero-order valence-corrected chi connectivity index (χ0v) is 21.2. The van der Waals surface area contributed by atoms with Crippen LogP contribution in [0.25, 0.3) is 22.2 Å². The third-order valence-electron chi connectivity index (χ3n) is 6.27. The molecule has 0 spiro atoms. The number of halogens is 2. The van der Waals surface area contributed by atoms with Gasteiger partial charge >= 0.3 is 0 Å². The van der Waals surface area contributed by atoms with E-state index in [0.717, 1.165) is 63.3 Å². The molecule has 1 fully saturated rings. The molecule has 2 aromatic heterocycles. The summed E-state index contributed by atoms with van der Waals surface area (Å²) < 4.78 is 7.08. The van der Waals surface area contributed by atoms with Gasteiger partial charge in [0.2, 0.25) is 0 Å². The van der Waals surface area contributed by atoms with Gasteiger partial charge in [0, 0.05) is 21.6 Å². The molecule has 0 unspecified atom stereocenters. The molecule has 4 aromatic rings. The molecule has 0 atom stereocenters. The summed E-state index contributed by atoms with van der Waals surface area (Å²) in [7, 11) is 0. The maximum absolute atomic E-state index is 9.72. The molecule has 34 heavy (non-hydrogen) atoms. The van der Waals surface area contributed by atoms with Gasteiger partial charge in [-0.25, -0.2) is 0 Å². The number of likely N-dealkylation sites (tertiary alicyclic amines) is 1. The zero-order valence-electron chi connectivity index (χ0n) is 18.9. The van der Waals surface area contributed by atoms with Crippen molar-refractivity contribution in [3.63, 3.8) is 0 Å². The van der Waals surface area contributed by atoms with Crippen LogP contribution in [0.4, 0.5) is 11.4 Å². The Hall–Kier alpha value is -2.85. The van der Waals surface area contributed by atoms with Crippen molar-refractivity contribution < 1.29 is 4.42 Å². The number of benzene rings is 2. The van der Waals surface area contributed by atoms with Gasteiger partial charge in [0.15, 0.2) is 0 Å². The Labute approximate surface area is 212 Å². The molecule has 3 heterocycles. The first-order valence-corrected chi connectivity index (χ1v) is 12.6. The number of furan rings is 1. The first-order chi connectivity index (χ1) is 16.5. The minimum absolute atomic E-state index is 0.459. The molecule has 172 valence electrons. The van der Waals surface area contributed by atoms with Crippen molar-refractivity contribution in [2.75, 3.05) is 18.4 Å². The number of aromatic nitrogens is 1. The highest BCUT2D eigenvalue weighted by Crippen LogP contribution is 2.37. The van der Waals surface area contributed by atoms with E-state index in [-0.39, 0.29) is 0 Å². The van der Waals surface area contributed by atoms with E-state index in [2.05, 4.69) is 43.3 Å². The summed E-state index contributed by atoms with van der Waals surface area (Å²) >= 11 is 9.98. The molecule has 1 N–H and O–H groups in total. The predicted molar refractivity (Wildman–Crippen MR) is 140 cm³/mol. The lowest BCUT2D eigenvalue weighted by atomic mass is 10.1. The topological polar surface area (TPSA) is 65.1 Å². The third-order valence-corrected chi connectivity index (χ3v) is 7.02. The number of hydrogen-bond acceptors (Lipinski definition) is 5. The number of piperidine rings is 1. The SMILES string of the molecule is Cc1cc(Br)cc(Cl)c1Nc1c(C#N)cnc2cc(-c3ccc(CN4CCCCC4)o3)ccc12. The van der Waals surface area contributed by atoms with Crippen LogP contribution in [0.2, 0.25) is 5.02 Å². The van der Waals surface area contributed by atoms with Crippen LogP contribution in [0.15, 0.2) is 57.6 Å². The standard InChI is InChI=1S/C27H24BrClN4O/c1-17-11-20(28)13-23(29)26(17)32-27-19(14-30)15-31-24-12-18(5-7-22(24)27)25-8-6-21(34-25)16-33-9-3-2-4-10-33/h5-8,11-13,15H,2-4,9-10,16H2,1H3,(H,31,32). The summed E-state index contributed by atoms with van der Waals surface area (Å²) in [5.74, 6) is 1.80.